The molecular formula is C19H24N2O2. The van der Waals surface area contributed by atoms with Crippen LogP contribution in [0.3, 0.4) is 0 Å². The molecular weight excluding hydrogens is 288 g/mol. The van der Waals surface area contributed by atoms with Crippen molar-refractivity contribution in [2.24, 2.45) is 5.73 Å². The van der Waals surface area contributed by atoms with Crippen molar-refractivity contribution >= 4 is 5.91 Å². The van der Waals surface area contributed by atoms with Gasteiger partial charge in [0, 0.05) is 13.6 Å². The van der Waals surface area contributed by atoms with Gasteiger partial charge < -0.3 is 15.4 Å². The van der Waals surface area contributed by atoms with Crippen molar-refractivity contribution < 1.29 is 9.53 Å². The van der Waals surface area contributed by atoms with E-state index in [1.807, 2.05) is 68.4 Å². The normalized spacial score (nSPS) is 12.0. The zero-order valence-electron chi connectivity index (χ0n) is 13.9. The van der Waals surface area contributed by atoms with E-state index in [0.29, 0.717) is 6.54 Å². The molecule has 122 valence electrons. The van der Waals surface area contributed by atoms with Gasteiger partial charge in [0.05, 0.1) is 6.10 Å². The Bertz CT molecular complexity index is 641. The lowest BCUT2D eigenvalue weighted by molar-refractivity contribution is -0.131. The van der Waals surface area contributed by atoms with E-state index in [1.165, 1.54) is 0 Å². The first-order valence-electron chi connectivity index (χ1n) is 7.78. The summed E-state index contributed by atoms with van der Waals surface area (Å²) in [5.41, 5.74) is 7.91. The third-order valence-electron chi connectivity index (χ3n) is 3.49. The predicted molar refractivity (Wildman–Crippen MR) is 92.1 cm³/mol. The van der Waals surface area contributed by atoms with Crippen LogP contribution in [0.25, 0.3) is 0 Å². The average Bonchev–Trinajstić information content (AvgIpc) is 2.54. The fourth-order valence-corrected chi connectivity index (χ4v) is 2.38. The van der Waals surface area contributed by atoms with Crippen LogP contribution in [0.1, 0.15) is 31.0 Å². The SMILES string of the molecule is CC(C)Oc1cccc(CN(C)C(=O)[C@H](N)c2ccccc2)c1. The third kappa shape index (κ3) is 4.83. The van der Waals surface area contributed by atoms with Crippen LogP contribution >= 0.6 is 0 Å². The molecule has 0 fully saturated rings. The molecule has 2 rings (SSSR count). The smallest absolute Gasteiger partial charge is 0.244 e. The van der Waals surface area contributed by atoms with E-state index in [9.17, 15) is 4.79 Å². The summed E-state index contributed by atoms with van der Waals surface area (Å²) in [6.45, 7) is 4.47. The number of benzene rings is 2. The topological polar surface area (TPSA) is 55.6 Å². The molecule has 0 unspecified atom stereocenters. The van der Waals surface area contributed by atoms with Gasteiger partial charge in [-0.05, 0) is 37.1 Å². The molecule has 2 N–H and O–H groups in total. The maximum Gasteiger partial charge on any atom is 0.244 e. The van der Waals surface area contributed by atoms with Gasteiger partial charge in [0.2, 0.25) is 5.91 Å². The molecule has 0 aliphatic carbocycles. The molecule has 1 amide bonds. The Labute approximate surface area is 137 Å². The summed E-state index contributed by atoms with van der Waals surface area (Å²) in [6.07, 6.45) is 0.121. The minimum Gasteiger partial charge on any atom is -0.491 e. The Morgan fingerprint density at radius 1 is 1.13 bits per heavy atom. The molecule has 0 heterocycles. The maximum atomic E-state index is 12.5. The summed E-state index contributed by atoms with van der Waals surface area (Å²) >= 11 is 0. The second-order valence-corrected chi connectivity index (χ2v) is 5.90. The van der Waals surface area contributed by atoms with E-state index in [1.54, 1.807) is 11.9 Å². The summed E-state index contributed by atoms with van der Waals surface area (Å²) in [4.78, 5) is 14.1. The van der Waals surface area contributed by atoms with Crippen LogP contribution in [-0.2, 0) is 11.3 Å². The first kappa shape index (κ1) is 17.0. The van der Waals surface area contributed by atoms with E-state index in [2.05, 4.69) is 0 Å². The van der Waals surface area contributed by atoms with Gasteiger partial charge >= 0.3 is 0 Å². The molecule has 0 saturated carbocycles. The number of amides is 1. The molecule has 0 aliphatic heterocycles. The molecule has 0 radical (unpaired) electrons. The number of ether oxygens (including phenoxy) is 1. The summed E-state index contributed by atoms with van der Waals surface area (Å²) in [5, 5.41) is 0. The van der Waals surface area contributed by atoms with Crippen LogP contribution in [0.4, 0.5) is 0 Å². The highest BCUT2D eigenvalue weighted by Gasteiger charge is 2.19. The second kappa shape index (κ2) is 7.79. The highest BCUT2D eigenvalue weighted by Crippen LogP contribution is 2.18. The lowest BCUT2D eigenvalue weighted by Crippen LogP contribution is -2.35. The van der Waals surface area contributed by atoms with E-state index in [4.69, 9.17) is 10.5 Å². The molecule has 4 nitrogen and oxygen atoms in total. The van der Waals surface area contributed by atoms with Gasteiger partial charge in [-0.2, -0.15) is 0 Å². The highest BCUT2D eigenvalue weighted by molar-refractivity contribution is 5.82. The number of carbonyl (C=O) groups is 1. The van der Waals surface area contributed by atoms with Crippen molar-refractivity contribution in [2.45, 2.75) is 32.5 Å². The number of hydrogen-bond donors (Lipinski definition) is 1. The maximum absolute atomic E-state index is 12.5. The first-order valence-corrected chi connectivity index (χ1v) is 7.78. The van der Waals surface area contributed by atoms with Crippen molar-refractivity contribution in [2.75, 3.05) is 7.05 Å². The fraction of sp³-hybridized carbons (Fsp3) is 0.316. The minimum atomic E-state index is -0.642. The number of hydrogen-bond acceptors (Lipinski definition) is 3. The molecule has 0 aromatic heterocycles. The molecule has 1 atom stereocenters. The lowest BCUT2D eigenvalue weighted by Gasteiger charge is -2.22. The molecule has 0 bridgehead atoms. The Morgan fingerprint density at radius 2 is 1.83 bits per heavy atom. The summed E-state index contributed by atoms with van der Waals surface area (Å²) < 4.78 is 5.69. The minimum absolute atomic E-state index is 0.105. The summed E-state index contributed by atoms with van der Waals surface area (Å²) in [6, 6.07) is 16.6. The van der Waals surface area contributed by atoms with Gasteiger partial charge in [0.1, 0.15) is 11.8 Å². The van der Waals surface area contributed by atoms with E-state index >= 15 is 0 Å². The van der Waals surface area contributed by atoms with Gasteiger partial charge in [-0.1, -0.05) is 42.5 Å². The first-order chi connectivity index (χ1) is 11.0. The summed E-state index contributed by atoms with van der Waals surface area (Å²) in [5.74, 6) is 0.706. The molecule has 0 aliphatic rings. The largest absolute Gasteiger partial charge is 0.491 e. The van der Waals surface area contributed by atoms with Crippen LogP contribution in [0, 0.1) is 0 Å². The van der Waals surface area contributed by atoms with Crippen molar-refractivity contribution in [1.82, 2.24) is 4.90 Å². The quantitative estimate of drug-likeness (QED) is 0.891. The molecule has 2 aromatic rings. The number of carbonyl (C=O) groups excluding carboxylic acids is 1. The standard InChI is InChI=1S/C19H24N2O2/c1-14(2)23-17-11-7-8-15(12-17)13-21(3)19(22)18(20)16-9-5-4-6-10-16/h4-12,14,18H,13,20H2,1-3H3/t18-/m1/s1. The van der Waals surface area contributed by atoms with Crippen LogP contribution in [0.2, 0.25) is 0 Å². The zero-order chi connectivity index (χ0) is 16.8. The fourth-order valence-electron chi connectivity index (χ4n) is 2.38. The summed E-state index contributed by atoms with van der Waals surface area (Å²) in [7, 11) is 1.76. The van der Waals surface area contributed by atoms with E-state index < -0.39 is 6.04 Å². The van der Waals surface area contributed by atoms with Gasteiger partial charge in [0.25, 0.3) is 0 Å². The number of nitrogens with two attached hydrogens (primary N) is 1. The zero-order valence-corrected chi connectivity index (χ0v) is 13.9. The third-order valence-corrected chi connectivity index (χ3v) is 3.49. The van der Waals surface area contributed by atoms with Crippen molar-refractivity contribution in [3.63, 3.8) is 0 Å². The molecule has 4 heteroatoms. The predicted octanol–water partition coefficient (Wildman–Crippen LogP) is 3.13. The average molecular weight is 312 g/mol. The van der Waals surface area contributed by atoms with Gasteiger partial charge in [-0.3, -0.25) is 4.79 Å². The van der Waals surface area contributed by atoms with Crippen LogP contribution in [-0.4, -0.2) is 24.0 Å². The molecule has 2 aromatic carbocycles. The highest BCUT2D eigenvalue weighted by atomic mass is 16.5. The Kier molecular flexibility index (Phi) is 5.77. The second-order valence-electron chi connectivity index (χ2n) is 5.90. The monoisotopic (exact) mass is 312 g/mol. The molecule has 0 spiro atoms. The Hall–Kier alpha value is -2.33. The van der Waals surface area contributed by atoms with Crippen LogP contribution in [0.5, 0.6) is 5.75 Å². The van der Waals surface area contributed by atoms with Gasteiger partial charge in [-0.15, -0.1) is 0 Å². The molecule has 0 saturated heterocycles. The molecule has 23 heavy (non-hydrogen) atoms. The van der Waals surface area contributed by atoms with Crippen molar-refractivity contribution in [3.05, 3.63) is 65.7 Å². The van der Waals surface area contributed by atoms with Crippen molar-refractivity contribution in [3.8, 4) is 5.75 Å². The van der Waals surface area contributed by atoms with Crippen LogP contribution in [0.15, 0.2) is 54.6 Å². The van der Waals surface area contributed by atoms with E-state index in [0.717, 1.165) is 16.9 Å². The van der Waals surface area contributed by atoms with E-state index in [-0.39, 0.29) is 12.0 Å². The van der Waals surface area contributed by atoms with Crippen molar-refractivity contribution in [1.29, 1.82) is 0 Å². The van der Waals surface area contributed by atoms with Crippen LogP contribution < -0.4 is 10.5 Å². The number of rotatable bonds is 6. The van der Waals surface area contributed by atoms with Gasteiger partial charge in [-0.25, -0.2) is 0 Å². The lowest BCUT2D eigenvalue weighted by atomic mass is 10.1. The Balaban J connectivity index is 2.03. The van der Waals surface area contributed by atoms with Gasteiger partial charge in [0.15, 0.2) is 0 Å². The Morgan fingerprint density at radius 3 is 2.48 bits per heavy atom. The number of likely N-dealkylation sites (N-methyl/N-ethyl adjacent to an activating group) is 1. The number of nitrogens with zero attached hydrogens (tertiary/aromatic N) is 1.